The van der Waals surface area contributed by atoms with Crippen molar-refractivity contribution in [2.75, 3.05) is 13.6 Å². The van der Waals surface area contributed by atoms with Crippen LogP contribution in [0.25, 0.3) is 10.2 Å². The minimum atomic E-state index is 0.587. The molecule has 0 fully saturated rings. The van der Waals surface area contributed by atoms with E-state index in [0.29, 0.717) is 11.1 Å². The quantitative estimate of drug-likeness (QED) is 0.764. The monoisotopic (exact) mass is 311 g/mol. The van der Waals surface area contributed by atoms with Crippen molar-refractivity contribution >= 4 is 33.2 Å². The van der Waals surface area contributed by atoms with Crippen LogP contribution in [0.15, 0.2) is 0 Å². The van der Waals surface area contributed by atoms with Gasteiger partial charge < -0.3 is 0 Å². The largest absolute Gasteiger partial charge is 0.299 e. The van der Waals surface area contributed by atoms with E-state index in [1.165, 1.54) is 16.9 Å². The van der Waals surface area contributed by atoms with Crippen LogP contribution in [0.5, 0.6) is 0 Å². The van der Waals surface area contributed by atoms with Gasteiger partial charge in [0.1, 0.15) is 15.8 Å². The summed E-state index contributed by atoms with van der Waals surface area (Å²) in [4.78, 5) is 13.7. The molecular weight excluding hydrogens is 290 g/mol. The molecule has 0 N–H and O–H groups in total. The van der Waals surface area contributed by atoms with Crippen LogP contribution in [0.1, 0.15) is 36.5 Å². The number of nitrogens with zero attached hydrogens (tertiary/aromatic N) is 3. The summed E-state index contributed by atoms with van der Waals surface area (Å²) in [7, 11) is 2.11. The molecule has 20 heavy (non-hydrogen) atoms. The van der Waals surface area contributed by atoms with Gasteiger partial charge in [-0.1, -0.05) is 25.4 Å². The highest BCUT2D eigenvalue weighted by Gasteiger charge is 2.14. The number of fused-ring (bicyclic) bond motifs is 1. The predicted octanol–water partition coefficient (Wildman–Crippen LogP) is 4.44. The number of aryl methyl sites for hydroxylation is 2. The second-order valence-corrected chi connectivity index (χ2v) is 7.38. The summed E-state index contributed by atoms with van der Waals surface area (Å²) in [6.07, 6.45) is 1.18. The maximum Gasteiger partial charge on any atom is 0.145 e. The fourth-order valence-corrected chi connectivity index (χ4v) is 3.54. The number of rotatable bonds is 5. The van der Waals surface area contributed by atoms with Crippen molar-refractivity contribution in [2.24, 2.45) is 5.92 Å². The van der Waals surface area contributed by atoms with Crippen LogP contribution in [0.4, 0.5) is 0 Å². The Morgan fingerprint density at radius 3 is 2.60 bits per heavy atom. The Kier molecular flexibility index (Phi) is 4.99. The zero-order valence-corrected chi connectivity index (χ0v) is 14.4. The summed E-state index contributed by atoms with van der Waals surface area (Å²) in [6, 6.07) is 0. The molecule has 0 unspecified atom stereocenters. The Hall–Kier alpha value is -0.710. The average Bonchev–Trinajstić information content (AvgIpc) is 2.62. The van der Waals surface area contributed by atoms with Gasteiger partial charge >= 0.3 is 0 Å². The first kappa shape index (κ1) is 15.7. The number of aromatic nitrogens is 2. The van der Waals surface area contributed by atoms with Gasteiger partial charge in [-0.3, -0.25) is 4.90 Å². The molecule has 110 valence electrons. The summed E-state index contributed by atoms with van der Waals surface area (Å²) in [5, 5.41) is 1.60. The van der Waals surface area contributed by atoms with E-state index in [1.807, 2.05) is 0 Å². The van der Waals surface area contributed by atoms with Crippen LogP contribution in [-0.4, -0.2) is 28.5 Å². The van der Waals surface area contributed by atoms with E-state index < -0.39 is 0 Å². The highest BCUT2D eigenvalue weighted by atomic mass is 35.5. The summed E-state index contributed by atoms with van der Waals surface area (Å²) >= 11 is 8.03. The number of halogens is 1. The molecule has 0 aliphatic heterocycles. The minimum absolute atomic E-state index is 0.587. The van der Waals surface area contributed by atoms with Gasteiger partial charge in [0, 0.05) is 4.88 Å². The molecule has 2 rings (SSSR count). The second kappa shape index (κ2) is 6.37. The Labute approximate surface area is 130 Å². The number of hydrogen-bond donors (Lipinski definition) is 0. The molecule has 2 aromatic heterocycles. The lowest BCUT2D eigenvalue weighted by atomic mass is 10.1. The van der Waals surface area contributed by atoms with E-state index in [4.69, 9.17) is 11.6 Å². The molecule has 3 nitrogen and oxygen atoms in total. The molecular formula is C15H22ClN3S. The van der Waals surface area contributed by atoms with Crippen LogP contribution in [0, 0.1) is 19.8 Å². The molecule has 0 saturated carbocycles. The van der Waals surface area contributed by atoms with Crippen molar-refractivity contribution in [3.05, 3.63) is 21.4 Å². The van der Waals surface area contributed by atoms with E-state index in [1.54, 1.807) is 11.3 Å². The first-order chi connectivity index (χ1) is 9.38. The Morgan fingerprint density at radius 1 is 1.25 bits per heavy atom. The molecule has 2 heterocycles. The van der Waals surface area contributed by atoms with Crippen LogP contribution >= 0.6 is 22.9 Å². The molecule has 5 heteroatoms. The predicted molar refractivity (Wildman–Crippen MR) is 87.7 cm³/mol. The topological polar surface area (TPSA) is 29.0 Å². The van der Waals surface area contributed by atoms with Crippen molar-refractivity contribution in [3.63, 3.8) is 0 Å². The molecule has 0 aliphatic carbocycles. The lowest BCUT2D eigenvalue weighted by molar-refractivity contribution is 0.297. The fraction of sp³-hybridized carbons (Fsp3) is 0.600. The van der Waals surface area contributed by atoms with Crippen LogP contribution in [-0.2, 0) is 6.54 Å². The highest BCUT2D eigenvalue weighted by molar-refractivity contribution is 7.18. The highest BCUT2D eigenvalue weighted by Crippen LogP contribution is 2.32. The van der Waals surface area contributed by atoms with Gasteiger partial charge in [-0.05, 0) is 45.3 Å². The van der Waals surface area contributed by atoms with E-state index in [-0.39, 0.29) is 0 Å². The molecule has 0 amide bonds. The maximum absolute atomic E-state index is 6.33. The van der Waals surface area contributed by atoms with Gasteiger partial charge in [0.05, 0.1) is 11.9 Å². The zero-order chi connectivity index (χ0) is 14.9. The van der Waals surface area contributed by atoms with E-state index in [2.05, 4.69) is 49.6 Å². The molecule has 0 spiro atoms. The van der Waals surface area contributed by atoms with E-state index in [9.17, 15) is 0 Å². The zero-order valence-electron chi connectivity index (χ0n) is 12.8. The van der Waals surface area contributed by atoms with Crippen molar-refractivity contribution in [1.29, 1.82) is 0 Å². The smallest absolute Gasteiger partial charge is 0.145 e. The normalized spacial score (nSPS) is 12.0. The minimum Gasteiger partial charge on any atom is -0.299 e. The summed E-state index contributed by atoms with van der Waals surface area (Å²) < 4.78 is 0. The van der Waals surface area contributed by atoms with Crippen LogP contribution in [0.3, 0.4) is 0 Å². The van der Waals surface area contributed by atoms with E-state index >= 15 is 0 Å². The standard InChI is InChI=1S/C15H22ClN3S/c1-9(2)6-7-19(5)8-12-17-14(16)13-10(3)11(4)20-15(13)18-12/h9H,6-8H2,1-5H3. The molecule has 0 aromatic carbocycles. The van der Waals surface area contributed by atoms with E-state index in [0.717, 1.165) is 29.1 Å². The van der Waals surface area contributed by atoms with Crippen LogP contribution in [0.2, 0.25) is 5.15 Å². The van der Waals surface area contributed by atoms with Gasteiger partial charge in [0.25, 0.3) is 0 Å². The average molecular weight is 312 g/mol. The van der Waals surface area contributed by atoms with Crippen molar-refractivity contribution in [1.82, 2.24) is 14.9 Å². The van der Waals surface area contributed by atoms with Crippen molar-refractivity contribution < 1.29 is 0 Å². The Morgan fingerprint density at radius 2 is 1.95 bits per heavy atom. The molecule has 2 aromatic rings. The summed E-state index contributed by atoms with van der Waals surface area (Å²) in [5.41, 5.74) is 1.20. The SMILES string of the molecule is Cc1sc2nc(CN(C)CCC(C)C)nc(Cl)c2c1C. The first-order valence-corrected chi connectivity index (χ1v) is 8.18. The Balaban J connectivity index is 2.19. The molecule has 0 bridgehead atoms. The van der Waals surface area contributed by atoms with Gasteiger partial charge in [-0.2, -0.15) is 0 Å². The fourth-order valence-electron chi connectivity index (χ4n) is 2.11. The molecule has 0 atom stereocenters. The maximum atomic E-state index is 6.33. The summed E-state index contributed by atoms with van der Waals surface area (Å²) in [6.45, 7) is 10.5. The van der Waals surface area contributed by atoms with Crippen molar-refractivity contribution in [2.45, 2.75) is 40.7 Å². The second-order valence-electron chi connectivity index (χ2n) is 5.81. The van der Waals surface area contributed by atoms with Crippen LogP contribution < -0.4 is 0 Å². The Bertz CT molecular complexity index is 607. The van der Waals surface area contributed by atoms with Gasteiger partial charge in [0.15, 0.2) is 0 Å². The summed E-state index contributed by atoms with van der Waals surface area (Å²) in [5.74, 6) is 1.53. The lowest BCUT2D eigenvalue weighted by Gasteiger charge is -2.16. The third-order valence-electron chi connectivity index (χ3n) is 3.53. The van der Waals surface area contributed by atoms with Gasteiger partial charge in [0.2, 0.25) is 0 Å². The molecule has 0 aliphatic rings. The van der Waals surface area contributed by atoms with Gasteiger partial charge in [-0.25, -0.2) is 9.97 Å². The third-order valence-corrected chi connectivity index (χ3v) is 4.90. The van der Waals surface area contributed by atoms with Gasteiger partial charge in [-0.15, -0.1) is 11.3 Å². The first-order valence-electron chi connectivity index (χ1n) is 6.99. The van der Waals surface area contributed by atoms with Crippen molar-refractivity contribution in [3.8, 4) is 0 Å². The number of thiophene rings is 1. The number of hydrogen-bond acceptors (Lipinski definition) is 4. The molecule has 0 saturated heterocycles. The molecule has 0 radical (unpaired) electrons. The third kappa shape index (κ3) is 3.48. The lowest BCUT2D eigenvalue weighted by Crippen LogP contribution is -2.21.